The highest BCUT2D eigenvalue weighted by atomic mass is 32.1. The van der Waals surface area contributed by atoms with E-state index in [1.807, 2.05) is 70.5 Å². The molecule has 0 spiro atoms. The van der Waals surface area contributed by atoms with Crippen LogP contribution in [0.5, 0.6) is 0 Å². The third-order valence-corrected chi connectivity index (χ3v) is 7.09. The molecule has 0 aliphatic rings. The molecule has 0 amide bonds. The average Bonchev–Trinajstić information content (AvgIpc) is 3.40. The predicted molar refractivity (Wildman–Crippen MR) is 137 cm³/mol. The second-order valence-electron chi connectivity index (χ2n) is 6.40. The van der Waals surface area contributed by atoms with Crippen LogP contribution in [-0.4, -0.2) is 21.0 Å². The predicted octanol–water partition coefficient (Wildman–Crippen LogP) is 7.10. The second kappa shape index (κ2) is 8.16. The van der Waals surface area contributed by atoms with E-state index in [1.54, 1.807) is 33.7 Å². The molecular formula is C22H14N4S4. The number of thiocarbonyl (C=S) groups is 2. The topological polar surface area (TPSA) is 32.3 Å². The van der Waals surface area contributed by atoms with Gasteiger partial charge in [0, 0.05) is 11.4 Å². The Morgan fingerprint density at radius 1 is 0.600 bits per heavy atom. The molecule has 5 rings (SSSR count). The minimum atomic E-state index is 0.844. The SMILES string of the molecule is S=CN(c1ccc(N(C=S)c2nc3ccccc3s2)cc1)c1nc2ccccc2s1. The van der Waals surface area contributed by atoms with E-state index in [4.69, 9.17) is 34.4 Å². The van der Waals surface area contributed by atoms with E-state index >= 15 is 0 Å². The molecule has 0 N–H and O–H groups in total. The van der Waals surface area contributed by atoms with Crippen molar-refractivity contribution in [2.75, 3.05) is 9.80 Å². The molecular weight excluding hydrogens is 449 g/mol. The van der Waals surface area contributed by atoms with Crippen molar-refractivity contribution < 1.29 is 0 Å². The Bertz CT molecular complexity index is 1190. The molecule has 0 atom stereocenters. The van der Waals surface area contributed by atoms with Crippen molar-refractivity contribution in [1.29, 1.82) is 0 Å². The van der Waals surface area contributed by atoms with Crippen LogP contribution in [0, 0.1) is 0 Å². The highest BCUT2D eigenvalue weighted by molar-refractivity contribution is 7.79. The lowest BCUT2D eigenvalue weighted by molar-refractivity contribution is 1.31. The summed E-state index contributed by atoms with van der Waals surface area (Å²) in [5, 5.41) is 1.69. The Morgan fingerprint density at radius 2 is 1.00 bits per heavy atom. The lowest BCUT2D eigenvalue weighted by Crippen LogP contribution is -2.14. The van der Waals surface area contributed by atoms with Gasteiger partial charge in [-0.1, -0.05) is 71.4 Å². The van der Waals surface area contributed by atoms with Gasteiger partial charge in [-0.3, -0.25) is 9.80 Å². The summed E-state index contributed by atoms with van der Waals surface area (Å²) in [6, 6.07) is 24.2. The number of anilines is 4. The van der Waals surface area contributed by atoms with Gasteiger partial charge in [0.25, 0.3) is 0 Å². The summed E-state index contributed by atoms with van der Waals surface area (Å²) in [4.78, 5) is 13.3. The number of aromatic nitrogens is 2. The zero-order valence-electron chi connectivity index (χ0n) is 15.5. The lowest BCUT2D eigenvalue weighted by atomic mass is 10.2. The number of nitrogens with zero attached hydrogens (tertiary/aromatic N) is 4. The van der Waals surface area contributed by atoms with Gasteiger partial charge in [0.1, 0.15) is 0 Å². The summed E-state index contributed by atoms with van der Waals surface area (Å²) in [6.45, 7) is 0. The molecule has 3 aromatic carbocycles. The van der Waals surface area contributed by atoms with Crippen molar-refractivity contribution in [3.05, 3.63) is 72.8 Å². The fraction of sp³-hybridized carbons (Fsp3) is 0. The first kappa shape index (κ1) is 19.2. The molecule has 146 valence electrons. The Labute approximate surface area is 192 Å². The van der Waals surface area contributed by atoms with Gasteiger partial charge >= 0.3 is 0 Å². The third-order valence-electron chi connectivity index (χ3n) is 4.59. The van der Waals surface area contributed by atoms with E-state index in [9.17, 15) is 0 Å². The van der Waals surface area contributed by atoms with Crippen LogP contribution in [0.25, 0.3) is 20.4 Å². The van der Waals surface area contributed by atoms with E-state index in [2.05, 4.69) is 12.1 Å². The van der Waals surface area contributed by atoms with Crippen molar-refractivity contribution in [3.8, 4) is 0 Å². The standard InChI is InChI=1S/C22H14N4S4/c27-13-25(21-23-17-5-1-3-7-19(17)29-21)15-9-11-16(12-10-15)26(14-28)22-24-18-6-2-4-8-20(18)30-22/h1-14H. The molecule has 0 bridgehead atoms. The second-order valence-corrected chi connectivity index (χ2v) is 8.84. The highest BCUT2D eigenvalue weighted by Crippen LogP contribution is 2.35. The van der Waals surface area contributed by atoms with Gasteiger partial charge in [-0.05, 0) is 48.5 Å². The molecule has 0 aliphatic carbocycles. The molecule has 0 unspecified atom stereocenters. The molecule has 30 heavy (non-hydrogen) atoms. The molecule has 2 aromatic heterocycles. The molecule has 5 aromatic rings. The van der Waals surface area contributed by atoms with Gasteiger partial charge in [0.05, 0.1) is 31.4 Å². The number of rotatable bonds is 6. The van der Waals surface area contributed by atoms with Crippen LogP contribution >= 0.6 is 47.1 Å². The maximum absolute atomic E-state index is 5.29. The van der Waals surface area contributed by atoms with Gasteiger partial charge in [-0.25, -0.2) is 9.97 Å². The van der Waals surface area contributed by atoms with Crippen molar-refractivity contribution >= 4 is 100 Å². The Kier molecular flexibility index (Phi) is 5.22. The number of para-hydroxylation sites is 2. The number of fused-ring (bicyclic) bond motifs is 2. The molecule has 0 fully saturated rings. The molecule has 2 heterocycles. The van der Waals surface area contributed by atoms with Gasteiger partial charge in [-0.2, -0.15) is 0 Å². The number of hydrogen-bond acceptors (Lipinski definition) is 6. The maximum atomic E-state index is 5.29. The van der Waals surface area contributed by atoms with Crippen molar-refractivity contribution in [2.24, 2.45) is 0 Å². The summed E-state index contributed by atoms with van der Waals surface area (Å²) in [7, 11) is 0. The van der Waals surface area contributed by atoms with Crippen molar-refractivity contribution in [3.63, 3.8) is 0 Å². The molecule has 8 heteroatoms. The molecule has 0 saturated heterocycles. The van der Waals surface area contributed by atoms with Gasteiger partial charge in [0.2, 0.25) is 0 Å². The lowest BCUT2D eigenvalue weighted by Gasteiger charge is -2.19. The molecule has 0 radical (unpaired) electrons. The first-order valence-electron chi connectivity index (χ1n) is 9.07. The maximum Gasteiger partial charge on any atom is 0.195 e. The van der Waals surface area contributed by atoms with E-state index in [1.165, 1.54) is 0 Å². The normalized spacial score (nSPS) is 10.9. The first-order chi connectivity index (χ1) is 14.8. The number of benzene rings is 3. The minimum Gasteiger partial charge on any atom is -0.283 e. The minimum absolute atomic E-state index is 0.844. The fourth-order valence-corrected chi connectivity index (χ4v) is 5.63. The highest BCUT2D eigenvalue weighted by Gasteiger charge is 2.15. The van der Waals surface area contributed by atoms with Crippen molar-refractivity contribution in [2.45, 2.75) is 0 Å². The van der Waals surface area contributed by atoms with Crippen LogP contribution < -0.4 is 9.80 Å². The van der Waals surface area contributed by atoms with E-state index < -0.39 is 0 Å². The summed E-state index contributed by atoms with van der Waals surface area (Å²) in [5.74, 6) is 0. The van der Waals surface area contributed by atoms with E-state index in [0.717, 1.165) is 42.1 Å². The summed E-state index contributed by atoms with van der Waals surface area (Å²) >= 11 is 13.8. The largest absolute Gasteiger partial charge is 0.283 e. The Morgan fingerprint density at radius 3 is 1.37 bits per heavy atom. The number of hydrogen-bond donors (Lipinski definition) is 0. The van der Waals surface area contributed by atoms with Gasteiger partial charge in [0.15, 0.2) is 10.3 Å². The van der Waals surface area contributed by atoms with Crippen LogP contribution in [0.3, 0.4) is 0 Å². The summed E-state index contributed by atoms with van der Waals surface area (Å²) in [6.07, 6.45) is 0. The number of thiazole rings is 2. The van der Waals surface area contributed by atoms with Gasteiger partial charge < -0.3 is 0 Å². The Balaban J connectivity index is 1.47. The zero-order valence-corrected chi connectivity index (χ0v) is 18.8. The first-order valence-corrected chi connectivity index (χ1v) is 11.6. The van der Waals surface area contributed by atoms with Crippen LogP contribution in [0.4, 0.5) is 21.6 Å². The smallest absolute Gasteiger partial charge is 0.195 e. The van der Waals surface area contributed by atoms with Crippen molar-refractivity contribution in [1.82, 2.24) is 9.97 Å². The van der Waals surface area contributed by atoms with Crippen LogP contribution in [0.2, 0.25) is 0 Å². The van der Waals surface area contributed by atoms with Crippen LogP contribution in [0.1, 0.15) is 0 Å². The fourth-order valence-electron chi connectivity index (χ4n) is 3.13. The third kappa shape index (κ3) is 3.48. The van der Waals surface area contributed by atoms with E-state index in [0.29, 0.717) is 0 Å². The summed E-state index contributed by atoms with van der Waals surface area (Å²) < 4.78 is 2.27. The Hall–Kier alpha value is -2.78. The quantitative estimate of drug-likeness (QED) is 0.250. The van der Waals surface area contributed by atoms with Crippen LogP contribution in [-0.2, 0) is 0 Å². The van der Waals surface area contributed by atoms with E-state index in [-0.39, 0.29) is 0 Å². The molecule has 0 saturated carbocycles. The average molecular weight is 463 g/mol. The zero-order chi connectivity index (χ0) is 20.5. The van der Waals surface area contributed by atoms with Crippen LogP contribution in [0.15, 0.2) is 72.8 Å². The molecule has 0 aliphatic heterocycles. The summed E-state index contributed by atoms with van der Waals surface area (Å²) in [5.41, 5.74) is 7.08. The van der Waals surface area contributed by atoms with Gasteiger partial charge in [-0.15, -0.1) is 0 Å². The monoisotopic (exact) mass is 462 g/mol. The molecule has 4 nitrogen and oxygen atoms in total.